The minimum absolute atomic E-state index is 0.454. The van der Waals surface area contributed by atoms with Crippen molar-refractivity contribution >= 4 is 11.8 Å². The predicted molar refractivity (Wildman–Crippen MR) is 64.4 cm³/mol. The lowest BCUT2D eigenvalue weighted by Crippen LogP contribution is -2.08. The molecule has 0 spiro atoms. The average molecular weight is 272 g/mol. The average Bonchev–Trinajstić information content (AvgIpc) is 2.79. The highest BCUT2D eigenvalue weighted by atomic mass is 32.2. The molecule has 0 saturated carbocycles. The van der Waals surface area contributed by atoms with Crippen molar-refractivity contribution in [3.63, 3.8) is 0 Å². The second kappa shape index (κ2) is 5.48. The Labute approximate surface area is 107 Å². The Balaban J connectivity index is 1.86. The van der Waals surface area contributed by atoms with Crippen LogP contribution in [0.2, 0.25) is 0 Å². The standard InChI is InChI=1S/C12H11F3N2S/c13-12(14,15)11-6-7-17(16-11)8-9-18-10-4-2-1-3-5-10/h1-7H,8-9H2. The number of halogens is 3. The summed E-state index contributed by atoms with van der Waals surface area (Å²) in [5, 5.41) is 3.49. The molecule has 0 aliphatic heterocycles. The minimum atomic E-state index is -4.36. The highest BCUT2D eigenvalue weighted by molar-refractivity contribution is 7.99. The first-order valence-electron chi connectivity index (χ1n) is 5.34. The maximum absolute atomic E-state index is 12.3. The van der Waals surface area contributed by atoms with Crippen LogP contribution in [-0.4, -0.2) is 15.5 Å². The van der Waals surface area contributed by atoms with E-state index in [1.165, 1.54) is 10.9 Å². The Bertz CT molecular complexity index is 494. The second-order valence-corrected chi connectivity index (χ2v) is 4.79. The zero-order valence-electron chi connectivity index (χ0n) is 9.39. The molecular weight excluding hydrogens is 261 g/mol. The topological polar surface area (TPSA) is 17.8 Å². The van der Waals surface area contributed by atoms with Crippen LogP contribution in [0.5, 0.6) is 0 Å². The summed E-state index contributed by atoms with van der Waals surface area (Å²) in [5.74, 6) is 0.684. The molecule has 0 aliphatic carbocycles. The number of alkyl halides is 3. The highest BCUT2D eigenvalue weighted by Gasteiger charge is 2.33. The molecule has 2 rings (SSSR count). The molecule has 0 amide bonds. The van der Waals surface area contributed by atoms with Gasteiger partial charge in [0.25, 0.3) is 0 Å². The van der Waals surface area contributed by atoms with Gasteiger partial charge in [0, 0.05) is 16.8 Å². The number of rotatable bonds is 4. The van der Waals surface area contributed by atoms with E-state index < -0.39 is 11.9 Å². The summed E-state index contributed by atoms with van der Waals surface area (Å²) in [6.45, 7) is 0.454. The van der Waals surface area contributed by atoms with Gasteiger partial charge < -0.3 is 0 Å². The first-order valence-corrected chi connectivity index (χ1v) is 6.33. The van der Waals surface area contributed by atoms with E-state index in [1.54, 1.807) is 11.8 Å². The van der Waals surface area contributed by atoms with E-state index in [2.05, 4.69) is 5.10 Å². The van der Waals surface area contributed by atoms with Crippen molar-refractivity contribution in [1.82, 2.24) is 9.78 Å². The van der Waals surface area contributed by atoms with Gasteiger partial charge in [-0.2, -0.15) is 18.3 Å². The highest BCUT2D eigenvalue weighted by Crippen LogP contribution is 2.27. The smallest absolute Gasteiger partial charge is 0.271 e. The first kappa shape index (κ1) is 13.0. The summed E-state index contributed by atoms with van der Waals surface area (Å²) in [7, 11) is 0. The Morgan fingerprint density at radius 2 is 1.83 bits per heavy atom. The van der Waals surface area contributed by atoms with Crippen LogP contribution in [-0.2, 0) is 12.7 Å². The van der Waals surface area contributed by atoms with Crippen molar-refractivity contribution in [3.8, 4) is 0 Å². The quantitative estimate of drug-likeness (QED) is 0.790. The van der Waals surface area contributed by atoms with Crippen LogP contribution in [0.4, 0.5) is 13.2 Å². The molecule has 0 fully saturated rings. The number of benzene rings is 1. The van der Waals surface area contributed by atoms with Gasteiger partial charge in [0.05, 0.1) is 6.54 Å². The lowest BCUT2D eigenvalue weighted by Gasteiger charge is -2.03. The molecular formula is C12H11F3N2S. The van der Waals surface area contributed by atoms with Crippen LogP contribution in [0.3, 0.4) is 0 Å². The monoisotopic (exact) mass is 272 g/mol. The lowest BCUT2D eigenvalue weighted by molar-refractivity contribution is -0.141. The zero-order valence-corrected chi connectivity index (χ0v) is 10.2. The fourth-order valence-corrected chi connectivity index (χ4v) is 2.27. The van der Waals surface area contributed by atoms with E-state index in [4.69, 9.17) is 0 Å². The molecule has 0 saturated heterocycles. The molecule has 2 aromatic rings. The van der Waals surface area contributed by atoms with Crippen LogP contribution < -0.4 is 0 Å². The fraction of sp³-hybridized carbons (Fsp3) is 0.250. The van der Waals surface area contributed by atoms with Crippen LogP contribution >= 0.6 is 11.8 Å². The number of aromatic nitrogens is 2. The fourth-order valence-electron chi connectivity index (χ4n) is 1.41. The molecule has 18 heavy (non-hydrogen) atoms. The molecule has 0 aliphatic rings. The van der Waals surface area contributed by atoms with Crippen molar-refractivity contribution in [2.75, 3.05) is 5.75 Å². The van der Waals surface area contributed by atoms with E-state index in [9.17, 15) is 13.2 Å². The molecule has 6 heteroatoms. The number of hydrogen-bond acceptors (Lipinski definition) is 2. The van der Waals surface area contributed by atoms with Gasteiger partial charge >= 0.3 is 6.18 Å². The SMILES string of the molecule is FC(F)(F)c1ccn(CCSc2ccccc2)n1. The van der Waals surface area contributed by atoms with E-state index >= 15 is 0 Å². The van der Waals surface area contributed by atoms with Crippen molar-refractivity contribution in [2.45, 2.75) is 17.6 Å². The van der Waals surface area contributed by atoms with Gasteiger partial charge in [-0.15, -0.1) is 11.8 Å². The Morgan fingerprint density at radius 3 is 2.44 bits per heavy atom. The number of hydrogen-bond donors (Lipinski definition) is 0. The van der Waals surface area contributed by atoms with Gasteiger partial charge in [0.2, 0.25) is 0 Å². The van der Waals surface area contributed by atoms with Crippen molar-refractivity contribution in [3.05, 3.63) is 48.3 Å². The Kier molecular flexibility index (Phi) is 3.96. The largest absolute Gasteiger partial charge is 0.435 e. The number of nitrogens with zero attached hydrogens (tertiary/aromatic N) is 2. The number of aryl methyl sites for hydroxylation is 1. The first-order chi connectivity index (χ1) is 8.55. The zero-order chi connectivity index (χ0) is 13.0. The van der Waals surface area contributed by atoms with Gasteiger partial charge in [0.1, 0.15) is 0 Å². The summed E-state index contributed by atoms with van der Waals surface area (Å²) in [6.07, 6.45) is -3.01. The molecule has 1 aromatic heterocycles. The van der Waals surface area contributed by atoms with Crippen LogP contribution in [0.25, 0.3) is 0 Å². The van der Waals surface area contributed by atoms with Crippen molar-refractivity contribution in [2.24, 2.45) is 0 Å². The maximum Gasteiger partial charge on any atom is 0.435 e. The van der Waals surface area contributed by atoms with Gasteiger partial charge in [0.15, 0.2) is 5.69 Å². The molecule has 0 bridgehead atoms. The van der Waals surface area contributed by atoms with E-state index in [1.807, 2.05) is 30.3 Å². The molecule has 0 N–H and O–H groups in total. The Morgan fingerprint density at radius 1 is 1.11 bits per heavy atom. The van der Waals surface area contributed by atoms with E-state index in [0.717, 1.165) is 11.0 Å². The third kappa shape index (κ3) is 3.53. The molecule has 0 unspecified atom stereocenters. The maximum atomic E-state index is 12.3. The second-order valence-electron chi connectivity index (χ2n) is 3.62. The number of thioether (sulfide) groups is 1. The third-order valence-electron chi connectivity index (χ3n) is 2.26. The molecule has 0 radical (unpaired) electrons. The summed E-state index contributed by atoms with van der Waals surface area (Å²) in [6, 6.07) is 10.7. The van der Waals surface area contributed by atoms with Crippen molar-refractivity contribution in [1.29, 1.82) is 0 Å². The third-order valence-corrected chi connectivity index (χ3v) is 3.26. The molecule has 1 heterocycles. The molecule has 96 valence electrons. The van der Waals surface area contributed by atoms with Gasteiger partial charge in [-0.1, -0.05) is 18.2 Å². The van der Waals surface area contributed by atoms with Crippen molar-refractivity contribution < 1.29 is 13.2 Å². The Hall–Kier alpha value is -1.43. The van der Waals surface area contributed by atoms with Crippen LogP contribution in [0, 0.1) is 0 Å². The van der Waals surface area contributed by atoms with Crippen LogP contribution in [0.1, 0.15) is 5.69 Å². The normalized spacial score (nSPS) is 11.7. The minimum Gasteiger partial charge on any atom is -0.271 e. The summed E-state index contributed by atoms with van der Waals surface area (Å²) in [4.78, 5) is 1.10. The summed E-state index contributed by atoms with van der Waals surface area (Å²) < 4.78 is 38.2. The summed E-state index contributed by atoms with van der Waals surface area (Å²) >= 11 is 1.59. The van der Waals surface area contributed by atoms with E-state index in [0.29, 0.717) is 12.3 Å². The lowest BCUT2D eigenvalue weighted by atomic mass is 10.4. The van der Waals surface area contributed by atoms with E-state index in [-0.39, 0.29) is 0 Å². The van der Waals surface area contributed by atoms with Crippen LogP contribution in [0.15, 0.2) is 47.5 Å². The van der Waals surface area contributed by atoms with Gasteiger partial charge in [-0.25, -0.2) is 0 Å². The van der Waals surface area contributed by atoms with Gasteiger partial charge in [-0.05, 0) is 18.2 Å². The predicted octanol–water partition coefficient (Wildman–Crippen LogP) is 3.69. The molecule has 0 atom stereocenters. The summed E-state index contributed by atoms with van der Waals surface area (Å²) in [5.41, 5.74) is -0.841. The molecule has 1 aromatic carbocycles. The van der Waals surface area contributed by atoms with Gasteiger partial charge in [-0.3, -0.25) is 4.68 Å². The molecule has 2 nitrogen and oxygen atoms in total.